The summed E-state index contributed by atoms with van der Waals surface area (Å²) in [6, 6.07) is 10.3. The maximum absolute atomic E-state index is 4.12. The lowest BCUT2D eigenvalue weighted by Gasteiger charge is -2.14. The van der Waals surface area contributed by atoms with Crippen molar-refractivity contribution in [1.29, 1.82) is 0 Å². The molecule has 1 nitrogen and oxygen atoms in total. The molecule has 0 amide bonds. The van der Waals surface area contributed by atoms with Crippen LogP contribution in [-0.2, 0) is 0 Å². The van der Waals surface area contributed by atoms with Crippen molar-refractivity contribution >= 4 is 40.8 Å². The summed E-state index contributed by atoms with van der Waals surface area (Å²) < 4.78 is 0. The topological polar surface area (TPSA) is 15.8 Å². The Kier molecular flexibility index (Phi) is 6.69. The molecule has 0 saturated heterocycles. The maximum atomic E-state index is 4.12. The molecule has 0 fully saturated rings. The standard InChI is InChI=1S/C30H27N/c1-7-13-18-22(17-8-2)29-27(21-19-15-14-16-20-21)28-25(11-5)23(9-3)24(10-4)26(12-6)30(28)31-29/h7-20,31H,1-6H2/b18-13-,22-17+. The molecule has 0 bridgehead atoms. The Morgan fingerprint density at radius 1 is 0.710 bits per heavy atom. The molecular formula is C30H27N. The molecule has 0 aliphatic heterocycles. The summed E-state index contributed by atoms with van der Waals surface area (Å²) >= 11 is 0. The molecule has 0 saturated carbocycles. The van der Waals surface area contributed by atoms with Gasteiger partial charge in [0.2, 0.25) is 0 Å². The second-order valence-corrected chi connectivity index (χ2v) is 6.91. The van der Waals surface area contributed by atoms with Gasteiger partial charge in [-0.05, 0) is 27.8 Å². The van der Waals surface area contributed by atoms with Crippen LogP contribution in [0.3, 0.4) is 0 Å². The summed E-state index contributed by atoms with van der Waals surface area (Å²) in [6.07, 6.45) is 16.9. The molecule has 0 aliphatic carbocycles. The van der Waals surface area contributed by atoms with Gasteiger partial charge in [-0.1, -0.05) is 124 Å². The minimum absolute atomic E-state index is 0.982. The summed E-state index contributed by atoms with van der Waals surface area (Å²) in [5.74, 6) is 0. The van der Waals surface area contributed by atoms with E-state index in [0.29, 0.717) is 0 Å². The quantitative estimate of drug-likeness (QED) is 0.345. The van der Waals surface area contributed by atoms with Crippen molar-refractivity contribution in [1.82, 2.24) is 4.98 Å². The van der Waals surface area contributed by atoms with Gasteiger partial charge in [0.05, 0.1) is 11.2 Å². The summed E-state index contributed by atoms with van der Waals surface area (Å²) in [6.45, 7) is 24.0. The highest BCUT2D eigenvalue weighted by atomic mass is 14.7. The highest BCUT2D eigenvalue weighted by Gasteiger charge is 2.22. The van der Waals surface area contributed by atoms with Crippen LogP contribution in [0.4, 0.5) is 0 Å². The van der Waals surface area contributed by atoms with Gasteiger partial charge in [-0.25, -0.2) is 0 Å². The first-order valence-corrected chi connectivity index (χ1v) is 10.1. The highest BCUT2D eigenvalue weighted by Crippen LogP contribution is 2.43. The van der Waals surface area contributed by atoms with E-state index in [0.717, 1.165) is 55.6 Å². The van der Waals surface area contributed by atoms with E-state index in [9.17, 15) is 0 Å². The molecule has 2 aromatic carbocycles. The van der Waals surface area contributed by atoms with E-state index in [1.807, 2.05) is 60.7 Å². The van der Waals surface area contributed by atoms with Crippen LogP contribution < -0.4 is 0 Å². The Balaban J connectivity index is 2.65. The molecule has 0 atom stereocenters. The molecule has 1 heteroatoms. The molecular weight excluding hydrogens is 374 g/mol. The van der Waals surface area contributed by atoms with Gasteiger partial charge in [0.25, 0.3) is 0 Å². The first-order valence-electron chi connectivity index (χ1n) is 10.1. The number of rotatable bonds is 9. The van der Waals surface area contributed by atoms with Gasteiger partial charge < -0.3 is 4.98 Å². The third-order valence-corrected chi connectivity index (χ3v) is 5.29. The molecule has 3 rings (SSSR count). The van der Waals surface area contributed by atoms with Gasteiger partial charge in [-0.2, -0.15) is 0 Å². The number of H-pyrrole nitrogens is 1. The highest BCUT2D eigenvalue weighted by molar-refractivity contribution is 6.12. The van der Waals surface area contributed by atoms with Crippen molar-refractivity contribution in [3.63, 3.8) is 0 Å². The SMILES string of the molecule is C=C/C=C\C(=C/C=C)c1[nH]c2c(C=C)c(C=C)c(C=C)c(C=C)c2c1-c1ccccc1. The Labute approximate surface area is 185 Å². The van der Waals surface area contributed by atoms with Crippen molar-refractivity contribution in [2.45, 2.75) is 0 Å². The van der Waals surface area contributed by atoms with Crippen LogP contribution in [0.15, 0.2) is 100 Å². The van der Waals surface area contributed by atoms with Gasteiger partial charge in [0.1, 0.15) is 0 Å². The number of aromatic amines is 1. The third kappa shape index (κ3) is 3.74. The first-order chi connectivity index (χ1) is 15.2. The second kappa shape index (κ2) is 9.60. The van der Waals surface area contributed by atoms with E-state index < -0.39 is 0 Å². The zero-order valence-electron chi connectivity index (χ0n) is 17.8. The fourth-order valence-corrected chi connectivity index (χ4v) is 4.03. The summed E-state index contributed by atoms with van der Waals surface area (Å²) in [7, 11) is 0. The zero-order chi connectivity index (χ0) is 22.4. The van der Waals surface area contributed by atoms with Crippen molar-refractivity contribution in [3.8, 4) is 11.1 Å². The predicted molar refractivity (Wildman–Crippen MR) is 142 cm³/mol. The van der Waals surface area contributed by atoms with Gasteiger partial charge in [0, 0.05) is 16.5 Å². The Morgan fingerprint density at radius 2 is 1.32 bits per heavy atom. The average molecular weight is 402 g/mol. The second-order valence-electron chi connectivity index (χ2n) is 6.91. The summed E-state index contributed by atoms with van der Waals surface area (Å²) in [4.78, 5) is 3.67. The molecule has 0 unspecified atom stereocenters. The van der Waals surface area contributed by atoms with E-state index in [4.69, 9.17) is 0 Å². The van der Waals surface area contributed by atoms with Crippen LogP contribution in [-0.4, -0.2) is 4.98 Å². The van der Waals surface area contributed by atoms with Crippen LogP contribution in [0.2, 0.25) is 0 Å². The predicted octanol–water partition coefficient (Wildman–Crippen LogP) is 8.72. The van der Waals surface area contributed by atoms with E-state index in [1.165, 1.54) is 0 Å². The minimum atomic E-state index is 0.982. The normalized spacial score (nSPS) is 11.4. The molecule has 152 valence electrons. The summed E-state index contributed by atoms with van der Waals surface area (Å²) in [5, 5.41) is 1.08. The lowest BCUT2D eigenvalue weighted by atomic mass is 9.88. The number of aromatic nitrogens is 1. The number of benzene rings is 2. The van der Waals surface area contributed by atoms with Crippen molar-refractivity contribution in [2.75, 3.05) is 0 Å². The van der Waals surface area contributed by atoms with E-state index >= 15 is 0 Å². The molecule has 31 heavy (non-hydrogen) atoms. The van der Waals surface area contributed by atoms with Crippen LogP contribution in [0.1, 0.15) is 27.9 Å². The lowest BCUT2D eigenvalue weighted by Crippen LogP contribution is -1.94. The maximum Gasteiger partial charge on any atom is 0.0551 e. The number of fused-ring (bicyclic) bond motifs is 1. The van der Waals surface area contributed by atoms with Crippen LogP contribution in [0.25, 0.3) is 51.9 Å². The number of nitrogens with one attached hydrogen (secondary N) is 1. The van der Waals surface area contributed by atoms with Gasteiger partial charge in [0.15, 0.2) is 0 Å². The monoisotopic (exact) mass is 401 g/mol. The zero-order valence-corrected chi connectivity index (χ0v) is 17.8. The molecule has 1 heterocycles. The average Bonchev–Trinajstić information content (AvgIpc) is 3.20. The van der Waals surface area contributed by atoms with Gasteiger partial charge >= 0.3 is 0 Å². The molecule has 3 aromatic rings. The van der Waals surface area contributed by atoms with Gasteiger partial charge in [-0.3, -0.25) is 0 Å². The van der Waals surface area contributed by atoms with E-state index in [2.05, 4.69) is 56.6 Å². The Hall–Kier alpha value is -4.10. The molecule has 1 N–H and O–H groups in total. The fourth-order valence-electron chi connectivity index (χ4n) is 4.03. The van der Waals surface area contributed by atoms with Gasteiger partial charge in [-0.15, -0.1) is 0 Å². The molecule has 0 spiro atoms. The smallest absolute Gasteiger partial charge is 0.0551 e. The first kappa shape index (κ1) is 21.6. The number of hydrogen-bond acceptors (Lipinski definition) is 0. The molecule has 0 aliphatic rings. The third-order valence-electron chi connectivity index (χ3n) is 5.29. The lowest BCUT2D eigenvalue weighted by molar-refractivity contribution is 1.40. The van der Waals surface area contributed by atoms with Crippen LogP contribution in [0.5, 0.6) is 0 Å². The van der Waals surface area contributed by atoms with Crippen molar-refractivity contribution in [3.05, 3.63) is 128 Å². The molecule has 0 radical (unpaired) electrons. The minimum Gasteiger partial charge on any atom is -0.353 e. The van der Waals surface area contributed by atoms with Crippen molar-refractivity contribution in [2.24, 2.45) is 0 Å². The Bertz CT molecular complexity index is 1260. The van der Waals surface area contributed by atoms with Crippen molar-refractivity contribution < 1.29 is 0 Å². The number of hydrogen-bond donors (Lipinski definition) is 1. The van der Waals surface area contributed by atoms with Crippen LogP contribution >= 0.6 is 0 Å². The van der Waals surface area contributed by atoms with Crippen LogP contribution in [0, 0.1) is 0 Å². The van der Waals surface area contributed by atoms with E-state index in [-0.39, 0.29) is 0 Å². The summed E-state index contributed by atoms with van der Waals surface area (Å²) in [5.41, 5.74) is 9.14. The Morgan fingerprint density at radius 3 is 1.87 bits per heavy atom. The molecule has 1 aromatic heterocycles. The number of allylic oxidation sites excluding steroid dienone is 6. The fraction of sp³-hybridized carbons (Fsp3) is 0. The van der Waals surface area contributed by atoms with E-state index in [1.54, 1.807) is 12.2 Å². The largest absolute Gasteiger partial charge is 0.353 e.